The van der Waals surface area contributed by atoms with E-state index in [1.54, 1.807) is 6.20 Å². The number of rotatable bonds is 9. The van der Waals surface area contributed by atoms with E-state index in [1.165, 1.54) is 19.3 Å². The molecular weight excluding hydrogens is 260 g/mol. The molecule has 0 amide bonds. The number of nitrogens with zero attached hydrogens (tertiary/aromatic N) is 3. The predicted octanol–water partition coefficient (Wildman–Crippen LogP) is 2.94. The van der Waals surface area contributed by atoms with Crippen molar-refractivity contribution >= 4 is 11.6 Å². The minimum Gasteiger partial charge on any atom is -0.312 e. The Bertz CT molecular complexity index is 362. The van der Waals surface area contributed by atoms with Gasteiger partial charge in [0.25, 0.3) is 0 Å². The summed E-state index contributed by atoms with van der Waals surface area (Å²) in [5.74, 6) is 0. The second-order valence-electron chi connectivity index (χ2n) is 5.24. The van der Waals surface area contributed by atoms with Gasteiger partial charge in [0.15, 0.2) is 0 Å². The highest BCUT2D eigenvalue weighted by Crippen LogP contribution is 2.26. The fourth-order valence-corrected chi connectivity index (χ4v) is 2.48. The molecular formula is C14H27ClN4. The Hall–Kier alpha value is -0.580. The first-order valence-corrected chi connectivity index (χ1v) is 7.51. The van der Waals surface area contributed by atoms with Crippen molar-refractivity contribution in [3.8, 4) is 0 Å². The van der Waals surface area contributed by atoms with Crippen LogP contribution in [-0.4, -0.2) is 42.4 Å². The molecule has 1 N–H and O–H groups in total. The lowest BCUT2D eigenvalue weighted by Gasteiger charge is -2.19. The molecule has 0 saturated carbocycles. The van der Waals surface area contributed by atoms with E-state index in [4.69, 9.17) is 11.6 Å². The Labute approximate surface area is 122 Å². The third-order valence-electron chi connectivity index (χ3n) is 3.37. The van der Waals surface area contributed by atoms with Crippen LogP contribution in [0.1, 0.15) is 44.3 Å². The summed E-state index contributed by atoms with van der Waals surface area (Å²) in [7, 11) is 6.14. The fraction of sp³-hybridized carbons (Fsp3) is 0.786. The lowest BCUT2D eigenvalue weighted by atomic mass is 10.1. The zero-order chi connectivity index (χ0) is 14.3. The molecule has 0 radical (unpaired) electrons. The zero-order valence-electron chi connectivity index (χ0n) is 12.6. The van der Waals surface area contributed by atoms with Crippen LogP contribution in [0.25, 0.3) is 0 Å². The predicted molar refractivity (Wildman–Crippen MR) is 81.7 cm³/mol. The maximum absolute atomic E-state index is 6.31. The SMILES string of the molecule is CCCCCC(NC)c1c(Cl)cnn1CCN(C)C. The molecule has 0 fully saturated rings. The largest absolute Gasteiger partial charge is 0.312 e. The number of unbranched alkanes of at least 4 members (excludes halogenated alkanes) is 2. The summed E-state index contributed by atoms with van der Waals surface area (Å²) in [4.78, 5) is 2.16. The first-order valence-electron chi connectivity index (χ1n) is 7.13. The van der Waals surface area contributed by atoms with E-state index in [-0.39, 0.29) is 0 Å². The van der Waals surface area contributed by atoms with Crippen LogP contribution in [0.15, 0.2) is 6.20 Å². The third-order valence-corrected chi connectivity index (χ3v) is 3.66. The van der Waals surface area contributed by atoms with Crippen molar-refractivity contribution in [2.24, 2.45) is 0 Å². The molecule has 1 atom stereocenters. The highest BCUT2D eigenvalue weighted by molar-refractivity contribution is 6.31. The van der Waals surface area contributed by atoms with Crippen molar-refractivity contribution in [2.45, 2.75) is 45.2 Å². The zero-order valence-corrected chi connectivity index (χ0v) is 13.4. The molecule has 19 heavy (non-hydrogen) atoms. The van der Waals surface area contributed by atoms with Gasteiger partial charge in [-0.25, -0.2) is 0 Å². The monoisotopic (exact) mass is 286 g/mol. The summed E-state index contributed by atoms with van der Waals surface area (Å²) in [6, 6.07) is 0.295. The van der Waals surface area contributed by atoms with Crippen molar-refractivity contribution in [1.29, 1.82) is 0 Å². The van der Waals surface area contributed by atoms with Gasteiger partial charge in [-0.3, -0.25) is 4.68 Å². The Kier molecular flexibility index (Phi) is 7.42. The average Bonchev–Trinajstić information content (AvgIpc) is 2.74. The van der Waals surface area contributed by atoms with E-state index in [2.05, 4.69) is 36.3 Å². The third kappa shape index (κ3) is 5.13. The Morgan fingerprint density at radius 3 is 2.74 bits per heavy atom. The second-order valence-corrected chi connectivity index (χ2v) is 5.65. The van der Waals surface area contributed by atoms with Gasteiger partial charge in [-0.15, -0.1) is 0 Å². The van der Waals surface area contributed by atoms with Gasteiger partial charge in [0.05, 0.1) is 29.5 Å². The molecule has 1 aromatic rings. The second kappa shape index (κ2) is 8.56. The van der Waals surface area contributed by atoms with E-state index in [0.717, 1.165) is 30.2 Å². The van der Waals surface area contributed by atoms with E-state index in [1.807, 2.05) is 11.7 Å². The summed E-state index contributed by atoms with van der Waals surface area (Å²) in [6.45, 7) is 4.07. The average molecular weight is 287 g/mol. The number of likely N-dealkylation sites (N-methyl/N-ethyl adjacent to an activating group) is 1. The lowest BCUT2D eigenvalue weighted by Crippen LogP contribution is -2.24. The molecule has 110 valence electrons. The molecule has 0 saturated heterocycles. The van der Waals surface area contributed by atoms with E-state index in [9.17, 15) is 0 Å². The molecule has 0 spiro atoms. The first-order chi connectivity index (χ1) is 9.10. The van der Waals surface area contributed by atoms with Crippen molar-refractivity contribution in [2.75, 3.05) is 27.7 Å². The standard InChI is InChI=1S/C14H27ClN4/c1-5-6-7-8-13(16-2)14-12(15)11-17-19(14)10-9-18(3)4/h11,13,16H,5-10H2,1-4H3. The van der Waals surface area contributed by atoms with Crippen LogP contribution in [0.4, 0.5) is 0 Å². The van der Waals surface area contributed by atoms with Crippen LogP contribution in [0.2, 0.25) is 5.02 Å². The van der Waals surface area contributed by atoms with Crippen LogP contribution in [-0.2, 0) is 6.54 Å². The maximum atomic E-state index is 6.31. The van der Waals surface area contributed by atoms with E-state index >= 15 is 0 Å². The van der Waals surface area contributed by atoms with Gasteiger partial charge in [0.2, 0.25) is 0 Å². The Balaban J connectivity index is 2.74. The fourth-order valence-electron chi connectivity index (χ4n) is 2.21. The highest BCUT2D eigenvalue weighted by atomic mass is 35.5. The van der Waals surface area contributed by atoms with Gasteiger partial charge < -0.3 is 10.2 Å². The normalized spacial score (nSPS) is 13.2. The van der Waals surface area contributed by atoms with E-state index in [0.29, 0.717) is 6.04 Å². The summed E-state index contributed by atoms with van der Waals surface area (Å²) in [6.07, 6.45) is 6.59. The van der Waals surface area contributed by atoms with Gasteiger partial charge in [-0.05, 0) is 27.6 Å². The van der Waals surface area contributed by atoms with Crippen LogP contribution in [0.5, 0.6) is 0 Å². The van der Waals surface area contributed by atoms with Crippen LogP contribution in [0.3, 0.4) is 0 Å². The Morgan fingerprint density at radius 2 is 2.16 bits per heavy atom. The van der Waals surface area contributed by atoms with Gasteiger partial charge >= 0.3 is 0 Å². The number of hydrogen-bond acceptors (Lipinski definition) is 3. The minimum absolute atomic E-state index is 0.295. The van der Waals surface area contributed by atoms with Crippen molar-refractivity contribution in [3.63, 3.8) is 0 Å². The van der Waals surface area contributed by atoms with E-state index < -0.39 is 0 Å². The molecule has 1 heterocycles. The van der Waals surface area contributed by atoms with Crippen LogP contribution >= 0.6 is 11.6 Å². The number of nitrogens with one attached hydrogen (secondary N) is 1. The molecule has 1 aromatic heterocycles. The molecule has 0 aliphatic rings. The van der Waals surface area contributed by atoms with Crippen molar-refractivity contribution in [1.82, 2.24) is 20.0 Å². The summed E-state index contributed by atoms with van der Waals surface area (Å²) < 4.78 is 2.04. The molecule has 0 aliphatic carbocycles. The smallest absolute Gasteiger partial charge is 0.0834 e. The molecule has 0 aromatic carbocycles. The van der Waals surface area contributed by atoms with Gasteiger partial charge in [-0.1, -0.05) is 37.8 Å². The van der Waals surface area contributed by atoms with Crippen molar-refractivity contribution < 1.29 is 0 Å². The van der Waals surface area contributed by atoms with Crippen molar-refractivity contribution in [3.05, 3.63) is 16.9 Å². The molecule has 0 aliphatic heterocycles. The van der Waals surface area contributed by atoms with Crippen LogP contribution in [0, 0.1) is 0 Å². The quantitative estimate of drug-likeness (QED) is 0.709. The summed E-state index contributed by atoms with van der Waals surface area (Å²) >= 11 is 6.31. The number of halogens is 1. The Morgan fingerprint density at radius 1 is 1.42 bits per heavy atom. The molecule has 1 unspecified atom stereocenters. The van der Waals surface area contributed by atoms with Crippen LogP contribution < -0.4 is 5.32 Å². The number of hydrogen-bond donors (Lipinski definition) is 1. The molecule has 0 bridgehead atoms. The maximum Gasteiger partial charge on any atom is 0.0834 e. The van der Waals surface area contributed by atoms with Gasteiger partial charge in [-0.2, -0.15) is 5.10 Å². The van der Waals surface area contributed by atoms with Gasteiger partial charge in [0.1, 0.15) is 0 Å². The van der Waals surface area contributed by atoms with Gasteiger partial charge in [0, 0.05) is 6.54 Å². The highest BCUT2D eigenvalue weighted by Gasteiger charge is 2.18. The summed E-state index contributed by atoms with van der Waals surface area (Å²) in [5.41, 5.74) is 1.13. The topological polar surface area (TPSA) is 33.1 Å². The molecule has 1 rings (SSSR count). The molecule has 4 nitrogen and oxygen atoms in total. The lowest BCUT2D eigenvalue weighted by molar-refractivity contribution is 0.361. The molecule has 5 heteroatoms. The minimum atomic E-state index is 0.295. The first kappa shape index (κ1) is 16.5. The summed E-state index contributed by atoms with van der Waals surface area (Å²) in [5, 5.41) is 8.55. The number of aromatic nitrogens is 2.